The molecular formula is C11H18N2O4. The number of nitrogens with zero attached hydrogens (tertiary/aromatic N) is 1. The van der Waals surface area contributed by atoms with Gasteiger partial charge in [-0.1, -0.05) is 0 Å². The standard InChI is InChI=1S/C11H18N2O4/c1-8(14)13(2)7-9(15)12-11(4-3-5-11)6-10(16)17/h3-7H2,1-2H3,(H,12,15)(H,16,17). The highest BCUT2D eigenvalue weighted by Gasteiger charge is 2.40. The monoisotopic (exact) mass is 242 g/mol. The lowest BCUT2D eigenvalue weighted by Gasteiger charge is -2.41. The van der Waals surface area contributed by atoms with E-state index in [0.29, 0.717) is 12.8 Å². The molecule has 2 amide bonds. The van der Waals surface area contributed by atoms with Gasteiger partial charge in [0.15, 0.2) is 0 Å². The summed E-state index contributed by atoms with van der Waals surface area (Å²) in [5.41, 5.74) is -0.597. The van der Waals surface area contributed by atoms with Crippen molar-refractivity contribution in [1.82, 2.24) is 10.2 Å². The first-order valence-electron chi connectivity index (χ1n) is 5.59. The minimum Gasteiger partial charge on any atom is -0.481 e. The van der Waals surface area contributed by atoms with Crippen LogP contribution in [0.4, 0.5) is 0 Å². The van der Waals surface area contributed by atoms with Gasteiger partial charge >= 0.3 is 5.97 Å². The molecule has 0 heterocycles. The maximum atomic E-state index is 11.6. The molecule has 0 saturated heterocycles. The van der Waals surface area contributed by atoms with E-state index < -0.39 is 11.5 Å². The zero-order valence-electron chi connectivity index (χ0n) is 10.2. The van der Waals surface area contributed by atoms with E-state index in [9.17, 15) is 14.4 Å². The molecule has 0 aromatic heterocycles. The van der Waals surface area contributed by atoms with Crippen LogP contribution < -0.4 is 5.32 Å². The number of aliphatic carboxylic acids is 1. The Morgan fingerprint density at radius 2 is 1.94 bits per heavy atom. The summed E-state index contributed by atoms with van der Waals surface area (Å²) >= 11 is 0. The van der Waals surface area contributed by atoms with Gasteiger partial charge in [0.25, 0.3) is 0 Å². The molecule has 1 aliphatic carbocycles. The number of nitrogens with one attached hydrogen (secondary N) is 1. The van der Waals surface area contributed by atoms with Gasteiger partial charge in [0.1, 0.15) is 0 Å². The number of carboxylic acid groups (broad SMARTS) is 1. The molecule has 2 N–H and O–H groups in total. The van der Waals surface area contributed by atoms with Crippen LogP contribution in [0.25, 0.3) is 0 Å². The molecule has 0 unspecified atom stereocenters. The summed E-state index contributed by atoms with van der Waals surface area (Å²) in [7, 11) is 1.53. The van der Waals surface area contributed by atoms with Crippen LogP contribution in [0.15, 0.2) is 0 Å². The number of carbonyl (C=O) groups excluding carboxylic acids is 2. The van der Waals surface area contributed by atoms with E-state index in [-0.39, 0.29) is 24.8 Å². The molecule has 0 aliphatic heterocycles. The smallest absolute Gasteiger partial charge is 0.305 e. The average Bonchev–Trinajstić information content (AvgIpc) is 2.13. The Morgan fingerprint density at radius 3 is 2.29 bits per heavy atom. The highest BCUT2D eigenvalue weighted by atomic mass is 16.4. The fourth-order valence-corrected chi connectivity index (χ4v) is 1.90. The van der Waals surface area contributed by atoms with Crippen molar-refractivity contribution < 1.29 is 19.5 Å². The summed E-state index contributed by atoms with van der Waals surface area (Å²) in [4.78, 5) is 34.6. The van der Waals surface area contributed by atoms with Crippen molar-refractivity contribution in [3.63, 3.8) is 0 Å². The fraction of sp³-hybridized carbons (Fsp3) is 0.727. The van der Waals surface area contributed by atoms with Crippen LogP contribution in [-0.4, -0.2) is 46.9 Å². The molecule has 0 aromatic carbocycles. The number of carboxylic acids is 1. The molecule has 96 valence electrons. The molecule has 1 saturated carbocycles. The van der Waals surface area contributed by atoms with E-state index in [1.54, 1.807) is 0 Å². The maximum Gasteiger partial charge on any atom is 0.305 e. The number of amides is 2. The largest absolute Gasteiger partial charge is 0.481 e. The van der Waals surface area contributed by atoms with E-state index in [2.05, 4.69) is 5.32 Å². The highest BCUT2D eigenvalue weighted by molar-refractivity contribution is 5.84. The van der Waals surface area contributed by atoms with Crippen molar-refractivity contribution in [2.45, 2.75) is 38.1 Å². The van der Waals surface area contributed by atoms with Gasteiger partial charge in [0, 0.05) is 14.0 Å². The Kier molecular flexibility index (Phi) is 4.09. The summed E-state index contributed by atoms with van der Waals surface area (Å²) in [5, 5.41) is 11.5. The van der Waals surface area contributed by atoms with Gasteiger partial charge in [-0.15, -0.1) is 0 Å². The summed E-state index contributed by atoms with van der Waals surface area (Å²) in [5.74, 6) is -1.41. The van der Waals surface area contributed by atoms with E-state index in [0.717, 1.165) is 6.42 Å². The van der Waals surface area contributed by atoms with Crippen molar-refractivity contribution in [2.75, 3.05) is 13.6 Å². The summed E-state index contributed by atoms with van der Waals surface area (Å²) in [6, 6.07) is 0. The molecule has 1 rings (SSSR count). The van der Waals surface area contributed by atoms with Gasteiger partial charge in [-0.2, -0.15) is 0 Å². The molecule has 0 spiro atoms. The van der Waals surface area contributed by atoms with Crippen molar-refractivity contribution in [1.29, 1.82) is 0 Å². The Bertz CT molecular complexity index is 336. The third-order valence-electron chi connectivity index (χ3n) is 3.12. The minimum atomic E-state index is -0.912. The predicted octanol–water partition coefficient (Wildman–Crippen LogP) is -0.0217. The number of hydrogen-bond acceptors (Lipinski definition) is 3. The first kappa shape index (κ1) is 13.5. The quantitative estimate of drug-likeness (QED) is 0.709. The van der Waals surface area contributed by atoms with Gasteiger partial charge in [0.05, 0.1) is 18.5 Å². The number of rotatable bonds is 5. The molecular weight excluding hydrogens is 224 g/mol. The first-order chi connectivity index (χ1) is 7.84. The van der Waals surface area contributed by atoms with Gasteiger partial charge in [0.2, 0.25) is 11.8 Å². The molecule has 0 radical (unpaired) electrons. The Balaban J connectivity index is 2.48. The van der Waals surface area contributed by atoms with Crippen LogP contribution >= 0.6 is 0 Å². The van der Waals surface area contributed by atoms with Crippen LogP contribution in [-0.2, 0) is 14.4 Å². The highest BCUT2D eigenvalue weighted by Crippen LogP contribution is 2.34. The lowest BCUT2D eigenvalue weighted by atomic mass is 9.74. The molecule has 0 bridgehead atoms. The van der Waals surface area contributed by atoms with Crippen LogP contribution in [0.1, 0.15) is 32.6 Å². The Labute approximate surface area is 100.0 Å². The zero-order valence-corrected chi connectivity index (χ0v) is 10.2. The molecule has 6 nitrogen and oxygen atoms in total. The molecule has 0 atom stereocenters. The first-order valence-corrected chi connectivity index (χ1v) is 5.59. The molecule has 6 heteroatoms. The van der Waals surface area contributed by atoms with Crippen molar-refractivity contribution in [3.05, 3.63) is 0 Å². The lowest BCUT2D eigenvalue weighted by molar-refractivity contribution is -0.141. The molecule has 17 heavy (non-hydrogen) atoms. The predicted molar refractivity (Wildman–Crippen MR) is 60.3 cm³/mol. The summed E-state index contributed by atoms with van der Waals surface area (Å²) < 4.78 is 0. The van der Waals surface area contributed by atoms with Crippen LogP contribution in [0.2, 0.25) is 0 Å². The van der Waals surface area contributed by atoms with E-state index in [4.69, 9.17) is 5.11 Å². The van der Waals surface area contributed by atoms with Crippen molar-refractivity contribution >= 4 is 17.8 Å². The third-order valence-corrected chi connectivity index (χ3v) is 3.12. The summed E-state index contributed by atoms with van der Waals surface area (Å²) in [6.45, 7) is 1.35. The third kappa shape index (κ3) is 3.72. The van der Waals surface area contributed by atoms with Gasteiger partial charge in [-0.3, -0.25) is 14.4 Å². The number of likely N-dealkylation sites (N-methyl/N-ethyl adjacent to an activating group) is 1. The second-order valence-corrected chi connectivity index (χ2v) is 4.63. The number of carbonyl (C=O) groups is 3. The summed E-state index contributed by atoms with van der Waals surface area (Å²) in [6.07, 6.45) is 2.25. The van der Waals surface area contributed by atoms with Crippen LogP contribution in [0.5, 0.6) is 0 Å². The van der Waals surface area contributed by atoms with Gasteiger partial charge < -0.3 is 15.3 Å². The Hall–Kier alpha value is -1.59. The van der Waals surface area contributed by atoms with E-state index in [1.807, 2.05) is 0 Å². The SMILES string of the molecule is CC(=O)N(C)CC(=O)NC1(CC(=O)O)CCC1. The number of hydrogen-bond donors (Lipinski definition) is 2. The molecule has 1 fully saturated rings. The Morgan fingerprint density at radius 1 is 1.35 bits per heavy atom. The average molecular weight is 242 g/mol. The normalized spacial score (nSPS) is 16.8. The van der Waals surface area contributed by atoms with Gasteiger partial charge in [-0.05, 0) is 19.3 Å². The van der Waals surface area contributed by atoms with Crippen LogP contribution in [0, 0.1) is 0 Å². The van der Waals surface area contributed by atoms with Crippen LogP contribution in [0.3, 0.4) is 0 Å². The maximum absolute atomic E-state index is 11.6. The van der Waals surface area contributed by atoms with E-state index >= 15 is 0 Å². The van der Waals surface area contributed by atoms with Crippen molar-refractivity contribution in [3.8, 4) is 0 Å². The lowest BCUT2D eigenvalue weighted by Crippen LogP contribution is -2.56. The topological polar surface area (TPSA) is 86.7 Å². The molecule has 1 aliphatic rings. The zero-order chi connectivity index (χ0) is 13.1. The van der Waals surface area contributed by atoms with E-state index in [1.165, 1.54) is 18.9 Å². The molecule has 0 aromatic rings. The minimum absolute atomic E-state index is 0.0310. The second-order valence-electron chi connectivity index (χ2n) is 4.63. The van der Waals surface area contributed by atoms with Crippen molar-refractivity contribution in [2.24, 2.45) is 0 Å². The van der Waals surface area contributed by atoms with Gasteiger partial charge in [-0.25, -0.2) is 0 Å². The second kappa shape index (κ2) is 5.16. The fourth-order valence-electron chi connectivity index (χ4n) is 1.90.